The van der Waals surface area contributed by atoms with Crippen molar-refractivity contribution in [1.29, 1.82) is 0 Å². The number of amides is 2. The lowest BCUT2D eigenvalue weighted by atomic mass is 10.2. The average molecular weight is 472 g/mol. The molecule has 2 amide bonds. The van der Waals surface area contributed by atoms with Gasteiger partial charge in [0.25, 0.3) is 11.8 Å². The average Bonchev–Trinajstić information content (AvgIpc) is 3.24. The van der Waals surface area contributed by atoms with Gasteiger partial charge < -0.3 is 15.6 Å². The highest BCUT2D eigenvalue weighted by Gasteiger charge is 2.33. The second-order valence-electron chi connectivity index (χ2n) is 8.22. The van der Waals surface area contributed by atoms with Crippen LogP contribution in [0.3, 0.4) is 0 Å². The van der Waals surface area contributed by atoms with Gasteiger partial charge in [-0.3, -0.25) is 9.59 Å². The van der Waals surface area contributed by atoms with E-state index in [0.29, 0.717) is 13.1 Å². The Bertz CT molecular complexity index is 1310. The fourth-order valence-corrected chi connectivity index (χ4v) is 7.07. The maximum atomic E-state index is 13.5. The molecule has 9 heteroatoms. The van der Waals surface area contributed by atoms with Crippen LogP contribution in [0, 0.1) is 20.8 Å². The summed E-state index contributed by atoms with van der Waals surface area (Å²) >= 11 is 1.68. The number of rotatable bonds is 4. The quantitative estimate of drug-likeness (QED) is 0.606. The van der Waals surface area contributed by atoms with E-state index >= 15 is 0 Å². The number of sulfone groups is 1. The summed E-state index contributed by atoms with van der Waals surface area (Å²) in [7, 11) is -4.08. The number of hydrogen-bond donors (Lipinski definition) is 2. The Hall–Kier alpha value is -2.91. The predicted octanol–water partition coefficient (Wildman–Crippen LogP) is 3.52. The van der Waals surface area contributed by atoms with Crippen molar-refractivity contribution in [1.82, 2.24) is 9.88 Å². The highest BCUT2D eigenvalue weighted by atomic mass is 32.2. The molecular formula is C23H25N3O4S2. The zero-order chi connectivity index (χ0) is 23.2. The molecule has 168 valence electrons. The fourth-order valence-electron chi connectivity index (χ4n) is 4.28. The molecule has 3 N–H and O–H groups in total. The van der Waals surface area contributed by atoms with Gasteiger partial charge in [0.1, 0.15) is 16.3 Å². The number of nitrogens with two attached hydrogens (primary N) is 1. The Morgan fingerprint density at radius 2 is 1.78 bits per heavy atom. The number of aromatic nitrogens is 1. The molecule has 0 radical (unpaired) electrons. The first-order chi connectivity index (χ1) is 15.1. The van der Waals surface area contributed by atoms with Gasteiger partial charge in [-0.25, -0.2) is 8.42 Å². The SMILES string of the molecule is Cc1cc(C)cc(S(=O)(=O)c2c(C(N)=O)[nH]c(C(=O)N3CCCc4sccc4C3)c2C)c1. The molecule has 1 aliphatic rings. The van der Waals surface area contributed by atoms with E-state index in [1.807, 2.05) is 17.5 Å². The molecule has 1 aromatic carbocycles. The van der Waals surface area contributed by atoms with Crippen LogP contribution in [0.1, 0.15) is 54.5 Å². The summed E-state index contributed by atoms with van der Waals surface area (Å²) in [5.74, 6) is -1.27. The molecule has 3 heterocycles. The summed E-state index contributed by atoms with van der Waals surface area (Å²) in [6, 6.07) is 6.98. The molecule has 0 fully saturated rings. The largest absolute Gasteiger partial charge is 0.364 e. The lowest BCUT2D eigenvalue weighted by Gasteiger charge is -2.20. The molecule has 4 rings (SSSR count). The monoisotopic (exact) mass is 471 g/mol. The van der Waals surface area contributed by atoms with Crippen molar-refractivity contribution in [2.75, 3.05) is 6.54 Å². The summed E-state index contributed by atoms with van der Waals surface area (Å²) in [6.07, 6.45) is 1.72. The van der Waals surface area contributed by atoms with E-state index in [1.165, 1.54) is 4.88 Å². The van der Waals surface area contributed by atoms with Crippen LogP contribution < -0.4 is 5.73 Å². The van der Waals surface area contributed by atoms with E-state index in [4.69, 9.17) is 5.73 Å². The number of H-pyrrole nitrogens is 1. The van der Waals surface area contributed by atoms with Crippen LogP contribution in [0.4, 0.5) is 0 Å². The molecule has 0 spiro atoms. The minimum atomic E-state index is -4.08. The van der Waals surface area contributed by atoms with Crippen molar-refractivity contribution in [3.8, 4) is 0 Å². The Balaban J connectivity index is 1.80. The Labute approximate surface area is 191 Å². The molecule has 32 heavy (non-hydrogen) atoms. The van der Waals surface area contributed by atoms with E-state index < -0.39 is 15.7 Å². The maximum absolute atomic E-state index is 13.5. The molecule has 1 aliphatic heterocycles. The topological polar surface area (TPSA) is 113 Å². The van der Waals surface area contributed by atoms with Gasteiger partial charge in [0.05, 0.1) is 4.90 Å². The molecule has 0 atom stereocenters. The molecule has 0 bridgehead atoms. The lowest BCUT2D eigenvalue weighted by Crippen LogP contribution is -2.31. The minimum Gasteiger partial charge on any atom is -0.364 e. The fraction of sp³-hybridized carbons (Fsp3) is 0.304. The highest BCUT2D eigenvalue weighted by molar-refractivity contribution is 7.91. The first-order valence-corrected chi connectivity index (χ1v) is 12.7. The van der Waals surface area contributed by atoms with Crippen LogP contribution in [0.5, 0.6) is 0 Å². The van der Waals surface area contributed by atoms with Crippen LogP contribution in [0.15, 0.2) is 39.4 Å². The standard InChI is InChI=1S/C23H25N3O4S2/c1-13-9-14(2)11-17(10-13)32(29,30)21-15(3)19(25-20(21)22(24)27)23(28)26-7-4-5-18-16(12-26)6-8-31-18/h6,8-11,25H,4-5,7,12H2,1-3H3,(H2,24,27). The van der Waals surface area contributed by atoms with E-state index in [1.54, 1.807) is 49.1 Å². The number of thiophene rings is 1. The Morgan fingerprint density at radius 1 is 1.09 bits per heavy atom. The number of carbonyl (C=O) groups is 2. The van der Waals surface area contributed by atoms with Crippen molar-refractivity contribution in [2.24, 2.45) is 5.73 Å². The molecule has 0 unspecified atom stereocenters. The maximum Gasteiger partial charge on any atom is 0.270 e. The highest BCUT2D eigenvalue weighted by Crippen LogP contribution is 2.32. The van der Waals surface area contributed by atoms with E-state index in [2.05, 4.69) is 4.98 Å². The van der Waals surface area contributed by atoms with Gasteiger partial charge in [0.2, 0.25) is 9.84 Å². The van der Waals surface area contributed by atoms with Crippen molar-refractivity contribution in [3.63, 3.8) is 0 Å². The van der Waals surface area contributed by atoms with E-state index in [0.717, 1.165) is 29.5 Å². The van der Waals surface area contributed by atoms with Crippen molar-refractivity contribution >= 4 is 33.0 Å². The predicted molar refractivity (Wildman–Crippen MR) is 123 cm³/mol. The summed E-state index contributed by atoms with van der Waals surface area (Å²) in [6.45, 7) is 6.14. The molecule has 0 saturated carbocycles. The van der Waals surface area contributed by atoms with Crippen LogP contribution in [0.2, 0.25) is 0 Å². The normalized spacial score (nSPS) is 14.2. The van der Waals surface area contributed by atoms with Gasteiger partial charge in [0, 0.05) is 18.0 Å². The number of carbonyl (C=O) groups excluding carboxylic acids is 2. The van der Waals surface area contributed by atoms with Crippen molar-refractivity contribution < 1.29 is 18.0 Å². The lowest BCUT2D eigenvalue weighted by molar-refractivity contribution is 0.0740. The van der Waals surface area contributed by atoms with Gasteiger partial charge in [-0.05, 0) is 79.4 Å². The minimum absolute atomic E-state index is 0.0660. The van der Waals surface area contributed by atoms with Gasteiger partial charge in [-0.1, -0.05) is 6.07 Å². The van der Waals surface area contributed by atoms with Gasteiger partial charge in [-0.15, -0.1) is 11.3 Å². The zero-order valence-electron chi connectivity index (χ0n) is 18.2. The number of aromatic amines is 1. The summed E-state index contributed by atoms with van der Waals surface area (Å²) in [4.78, 5) is 31.1. The van der Waals surface area contributed by atoms with Crippen LogP contribution in [-0.2, 0) is 22.8 Å². The Kier molecular flexibility index (Phi) is 5.72. The Morgan fingerprint density at radius 3 is 2.44 bits per heavy atom. The summed E-state index contributed by atoms with van der Waals surface area (Å²) < 4.78 is 27.1. The van der Waals surface area contributed by atoms with Crippen molar-refractivity contribution in [3.05, 3.63) is 68.2 Å². The van der Waals surface area contributed by atoms with Crippen LogP contribution in [0.25, 0.3) is 0 Å². The third-order valence-electron chi connectivity index (χ3n) is 5.75. The second kappa shape index (κ2) is 8.22. The smallest absolute Gasteiger partial charge is 0.270 e. The van der Waals surface area contributed by atoms with Gasteiger partial charge >= 0.3 is 0 Å². The third-order valence-corrected chi connectivity index (χ3v) is 8.67. The summed E-state index contributed by atoms with van der Waals surface area (Å²) in [5, 5.41) is 2.01. The molecule has 0 saturated heterocycles. The first-order valence-electron chi connectivity index (χ1n) is 10.3. The van der Waals surface area contributed by atoms with E-state index in [9.17, 15) is 18.0 Å². The van der Waals surface area contributed by atoms with E-state index in [-0.39, 0.29) is 32.6 Å². The number of primary amides is 1. The number of fused-ring (bicyclic) bond motifs is 1. The first kappa shape index (κ1) is 22.3. The van der Waals surface area contributed by atoms with Crippen LogP contribution in [-0.4, -0.2) is 36.7 Å². The zero-order valence-corrected chi connectivity index (χ0v) is 19.8. The number of benzene rings is 1. The van der Waals surface area contributed by atoms with Crippen LogP contribution >= 0.6 is 11.3 Å². The number of nitrogens with one attached hydrogen (secondary N) is 1. The third kappa shape index (κ3) is 3.86. The second-order valence-corrected chi connectivity index (χ2v) is 11.1. The number of hydrogen-bond acceptors (Lipinski definition) is 5. The van der Waals surface area contributed by atoms with Crippen molar-refractivity contribution in [2.45, 2.75) is 49.9 Å². The van der Waals surface area contributed by atoms with Gasteiger partial charge in [0.15, 0.2) is 0 Å². The molecule has 0 aliphatic carbocycles. The molecule has 7 nitrogen and oxygen atoms in total. The number of nitrogens with zero attached hydrogens (tertiary/aromatic N) is 1. The molecule has 3 aromatic rings. The van der Waals surface area contributed by atoms with Gasteiger partial charge in [-0.2, -0.15) is 0 Å². The number of aryl methyl sites for hydroxylation is 3. The summed E-state index contributed by atoms with van der Waals surface area (Å²) in [5.41, 5.74) is 8.21. The molecular weight excluding hydrogens is 446 g/mol. The molecule has 2 aromatic heterocycles.